The smallest absolute Gasteiger partial charge is 0.338 e. The van der Waals surface area contributed by atoms with Gasteiger partial charge in [0.1, 0.15) is 0 Å². The number of ether oxygens (including phenoxy) is 1. The molecule has 1 heterocycles. The molecule has 0 saturated carbocycles. The van der Waals surface area contributed by atoms with Crippen LogP contribution in [0.5, 0.6) is 0 Å². The molecule has 0 fully saturated rings. The Kier molecular flexibility index (Phi) is 5.12. The third-order valence-electron chi connectivity index (χ3n) is 3.96. The molecule has 1 aromatic heterocycles. The number of rotatable bonds is 5. The van der Waals surface area contributed by atoms with E-state index in [9.17, 15) is 9.59 Å². The fourth-order valence-electron chi connectivity index (χ4n) is 2.56. The van der Waals surface area contributed by atoms with E-state index in [1.54, 1.807) is 41.3 Å². The summed E-state index contributed by atoms with van der Waals surface area (Å²) in [7, 11) is 1.35. The minimum absolute atomic E-state index is 0.195. The molecule has 0 spiro atoms. The quantitative estimate of drug-likeness (QED) is 0.718. The summed E-state index contributed by atoms with van der Waals surface area (Å²) in [5, 5.41) is 7.07. The van der Waals surface area contributed by atoms with Gasteiger partial charge in [0, 0.05) is 11.8 Å². The van der Waals surface area contributed by atoms with E-state index in [-0.39, 0.29) is 11.9 Å². The number of carbonyl (C=O) groups excluding carboxylic acids is 2. The molecule has 0 aliphatic carbocycles. The molecule has 2 aromatic carbocycles. The van der Waals surface area contributed by atoms with Gasteiger partial charge < -0.3 is 10.1 Å². The highest BCUT2D eigenvalue weighted by molar-refractivity contribution is 6.04. The van der Waals surface area contributed by atoms with Gasteiger partial charge in [-0.25, -0.2) is 4.79 Å². The number of esters is 1. The monoisotopic (exact) mass is 349 g/mol. The summed E-state index contributed by atoms with van der Waals surface area (Å²) >= 11 is 0. The van der Waals surface area contributed by atoms with Gasteiger partial charge in [-0.1, -0.05) is 35.9 Å². The standard InChI is InChI=1S/C20H19N3O3/c1-14-7-9-15(10-8-14)19(24)22-17-11-21-23(13-17)12-16-5-3-4-6-18(16)20(25)26-2/h3-11,13H,12H2,1-2H3,(H,22,24). The van der Waals surface area contributed by atoms with Crippen LogP contribution >= 0.6 is 0 Å². The number of carbonyl (C=O) groups is 2. The van der Waals surface area contributed by atoms with Gasteiger partial charge in [0.15, 0.2) is 0 Å². The van der Waals surface area contributed by atoms with Crippen LogP contribution < -0.4 is 5.32 Å². The Balaban J connectivity index is 1.72. The lowest BCUT2D eigenvalue weighted by Crippen LogP contribution is -2.11. The van der Waals surface area contributed by atoms with Crippen LogP contribution in [0, 0.1) is 6.92 Å². The molecule has 0 saturated heterocycles. The Morgan fingerprint density at radius 2 is 1.85 bits per heavy atom. The number of amides is 1. The lowest BCUT2D eigenvalue weighted by Gasteiger charge is -2.07. The summed E-state index contributed by atoms with van der Waals surface area (Å²) in [5.74, 6) is -0.583. The van der Waals surface area contributed by atoms with Gasteiger partial charge in [-0.2, -0.15) is 5.10 Å². The number of methoxy groups -OCH3 is 1. The van der Waals surface area contributed by atoms with Crippen molar-refractivity contribution in [1.29, 1.82) is 0 Å². The topological polar surface area (TPSA) is 73.2 Å². The van der Waals surface area contributed by atoms with Gasteiger partial charge in [0.2, 0.25) is 0 Å². The number of aromatic nitrogens is 2. The second kappa shape index (κ2) is 7.65. The Bertz CT molecular complexity index is 929. The van der Waals surface area contributed by atoms with Crippen LogP contribution in [0.2, 0.25) is 0 Å². The molecule has 26 heavy (non-hydrogen) atoms. The molecule has 3 rings (SSSR count). The van der Waals surface area contributed by atoms with Crippen molar-refractivity contribution in [3.8, 4) is 0 Å². The van der Waals surface area contributed by atoms with Crippen molar-refractivity contribution in [2.75, 3.05) is 12.4 Å². The van der Waals surface area contributed by atoms with Crippen LogP contribution in [0.1, 0.15) is 31.8 Å². The van der Waals surface area contributed by atoms with Crippen LogP contribution in [-0.2, 0) is 11.3 Å². The molecule has 6 heteroatoms. The zero-order valence-electron chi connectivity index (χ0n) is 14.6. The van der Waals surface area contributed by atoms with Crippen molar-refractivity contribution in [3.05, 3.63) is 83.2 Å². The van der Waals surface area contributed by atoms with Gasteiger partial charge in [-0.15, -0.1) is 0 Å². The Morgan fingerprint density at radius 1 is 1.12 bits per heavy atom. The highest BCUT2D eigenvalue weighted by atomic mass is 16.5. The van der Waals surface area contributed by atoms with Crippen LogP contribution in [0.4, 0.5) is 5.69 Å². The Hall–Kier alpha value is -3.41. The predicted octanol–water partition coefficient (Wildman–Crippen LogP) is 3.28. The number of aryl methyl sites for hydroxylation is 1. The minimum Gasteiger partial charge on any atom is -0.465 e. The fraction of sp³-hybridized carbons (Fsp3) is 0.150. The first-order chi connectivity index (χ1) is 12.6. The highest BCUT2D eigenvalue weighted by Gasteiger charge is 2.12. The molecule has 1 N–H and O–H groups in total. The summed E-state index contributed by atoms with van der Waals surface area (Å²) in [4.78, 5) is 24.1. The number of nitrogens with zero attached hydrogens (tertiary/aromatic N) is 2. The largest absolute Gasteiger partial charge is 0.465 e. The van der Waals surface area contributed by atoms with E-state index in [4.69, 9.17) is 4.74 Å². The van der Waals surface area contributed by atoms with Gasteiger partial charge in [-0.3, -0.25) is 9.48 Å². The maximum absolute atomic E-state index is 12.3. The summed E-state index contributed by atoms with van der Waals surface area (Å²) in [6.07, 6.45) is 3.30. The number of hydrogen-bond acceptors (Lipinski definition) is 4. The molecule has 0 bridgehead atoms. The summed E-state index contributed by atoms with van der Waals surface area (Å²) in [6, 6.07) is 14.5. The number of hydrogen-bond donors (Lipinski definition) is 1. The van der Waals surface area contributed by atoms with Gasteiger partial charge >= 0.3 is 5.97 Å². The van der Waals surface area contributed by atoms with E-state index >= 15 is 0 Å². The first-order valence-corrected chi connectivity index (χ1v) is 8.13. The molecule has 6 nitrogen and oxygen atoms in total. The SMILES string of the molecule is COC(=O)c1ccccc1Cn1cc(NC(=O)c2ccc(C)cc2)cn1. The van der Waals surface area contributed by atoms with Crippen molar-refractivity contribution in [3.63, 3.8) is 0 Å². The van der Waals surface area contributed by atoms with Gasteiger partial charge in [-0.05, 0) is 30.7 Å². The van der Waals surface area contributed by atoms with Crippen LogP contribution in [0.15, 0.2) is 60.9 Å². The van der Waals surface area contributed by atoms with Gasteiger partial charge in [0.25, 0.3) is 5.91 Å². The molecule has 1 amide bonds. The zero-order chi connectivity index (χ0) is 18.5. The van der Waals surface area contributed by atoms with E-state index in [0.717, 1.165) is 11.1 Å². The van der Waals surface area contributed by atoms with E-state index in [0.29, 0.717) is 23.4 Å². The van der Waals surface area contributed by atoms with Gasteiger partial charge in [0.05, 0.1) is 31.1 Å². The minimum atomic E-state index is -0.388. The van der Waals surface area contributed by atoms with Crippen molar-refractivity contribution in [2.45, 2.75) is 13.5 Å². The Labute approximate surface area is 151 Å². The fourth-order valence-corrected chi connectivity index (χ4v) is 2.56. The van der Waals surface area contributed by atoms with Crippen LogP contribution in [0.3, 0.4) is 0 Å². The second-order valence-electron chi connectivity index (χ2n) is 5.90. The molecule has 3 aromatic rings. The predicted molar refractivity (Wildman–Crippen MR) is 98.2 cm³/mol. The summed E-state index contributed by atoms with van der Waals surface area (Å²) in [5.41, 5.74) is 3.55. The van der Waals surface area contributed by atoms with E-state index in [1.807, 2.05) is 31.2 Å². The summed E-state index contributed by atoms with van der Waals surface area (Å²) in [6.45, 7) is 2.36. The molecular weight excluding hydrogens is 330 g/mol. The first-order valence-electron chi connectivity index (χ1n) is 8.13. The molecule has 0 atom stereocenters. The molecule has 0 aliphatic heterocycles. The number of nitrogens with one attached hydrogen (secondary N) is 1. The zero-order valence-corrected chi connectivity index (χ0v) is 14.6. The molecular formula is C20H19N3O3. The average Bonchev–Trinajstić information content (AvgIpc) is 3.09. The van der Waals surface area contributed by atoms with E-state index < -0.39 is 0 Å². The third-order valence-corrected chi connectivity index (χ3v) is 3.96. The number of anilines is 1. The van der Waals surface area contributed by atoms with Crippen LogP contribution in [-0.4, -0.2) is 28.8 Å². The molecule has 132 valence electrons. The first kappa shape index (κ1) is 17.4. The lowest BCUT2D eigenvalue weighted by molar-refractivity contribution is 0.0599. The average molecular weight is 349 g/mol. The normalized spacial score (nSPS) is 10.4. The molecule has 0 aliphatic rings. The van der Waals surface area contributed by atoms with E-state index in [1.165, 1.54) is 7.11 Å². The maximum atomic E-state index is 12.3. The maximum Gasteiger partial charge on any atom is 0.338 e. The van der Waals surface area contributed by atoms with Crippen molar-refractivity contribution >= 4 is 17.6 Å². The second-order valence-corrected chi connectivity index (χ2v) is 5.90. The highest BCUT2D eigenvalue weighted by Crippen LogP contribution is 2.14. The lowest BCUT2D eigenvalue weighted by atomic mass is 10.1. The third kappa shape index (κ3) is 3.97. The van der Waals surface area contributed by atoms with Crippen LogP contribution in [0.25, 0.3) is 0 Å². The Morgan fingerprint density at radius 3 is 2.58 bits per heavy atom. The molecule has 0 radical (unpaired) electrons. The number of benzene rings is 2. The molecule has 0 unspecified atom stereocenters. The van der Waals surface area contributed by atoms with Crippen molar-refractivity contribution in [2.24, 2.45) is 0 Å². The van der Waals surface area contributed by atoms with E-state index in [2.05, 4.69) is 10.4 Å². The van der Waals surface area contributed by atoms with Crippen molar-refractivity contribution in [1.82, 2.24) is 9.78 Å². The summed E-state index contributed by atoms with van der Waals surface area (Å²) < 4.78 is 6.46. The van der Waals surface area contributed by atoms with Crippen molar-refractivity contribution < 1.29 is 14.3 Å².